The third kappa shape index (κ3) is 3.65. The summed E-state index contributed by atoms with van der Waals surface area (Å²) in [6, 6.07) is 10.2. The van der Waals surface area contributed by atoms with E-state index in [1.54, 1.807) is 17.4 Å². The summed E-state index contributed by atoms with van der Waals surface area (Å²) >= 11 is 11.2. The third-order valence-corrected chi connectivity index (χ3v) is 13.8. The monoisotopic (exact) mass is 594 g/mol. The molecule has 0 saturated carbocycles. The highest BCUT2D eigenvalue weighted by Gasteiger charge is 2.26. The van der Waals surface area contributed by atoms with Crippen molar-refractivity contribution in [1.82, 2.24) is 4.98 Å². The van der Waals surface area contributed by atoms with E-state index in [4.69, 9.17) is 0 Å². The van der Waals surface area contributed by atoms with Crippen LogP contribution in [0.1, 0.15) is 19.5 Å². The number of fused-ring (bicyclic) bond motifs is 5. The summed E-state index contributed by atoms with van der Waals surface area (Å²) in [7, 11) is 0. The fourth-order valence-corrected chi connectivity index (χ4v) is 12.7. The van der Waals surface area contributed by atoms with Crippen molar-refractivity contribution >= 4 is 102 Å². The minimum absolute atomic E-state index is 0.0151. The molecule has 37 heavy (non-hydrogen) atoms. The molecule has 10 heteroatoms. The second-order valence-electron chi connectivity index (χ2n) is 8.94. The number of aromatic nitrogens is 1. The molecule has 4 nitrogen and oxygen atoms in total. The maximum atomic E-state index is 11.0. The van der Waals surface area contributed by atoms with Crippen LogP contribution in [0.3, 0.4) is 0 Å². The van der Waals surface area contributed by atoms with E-state index in [0.717, 1.165) is 10.6 Å². The second kappa shape index (κ2) is 8.52. The Balaban J connectivity index is 1.45. The number of hydrogen-bond donors (Lipinski definition) is 0. The SMILES string of the molecule is Cc1cc(-c2sc3c(sc4c5sc(-c6ccc([N+](=O)[O-])cn6)cc5sc34)c2-c2cc(C)sc2C)c(C)s1. The van der Waals surface area contributed by atoms with Crippen molar-refractivity contribution in [3.05, 3.63) is 66.2 Å². The van der Waals surface area contributed by atoms with E-state index in [1.165, 1.54) is 81.5 Å². The predicted octanol–water partition coefficient (Wildman–Crippen LogP) is 11.1. The van der Waals surface area contributed by atoms with Crippen molar-refractivity contribution in [2.24, 2.45) is 0 Å². The van der Waals surface area contributed by atoms with Crippen LogP contribution in [0.5, 0.6) is 0 Å². The largest absolute Gasteiger partial charge is 0.287 e. The van der Waals surface area contributed by atoms with E-state index in [2.05, 4.69) is 50.9 Å². The molecule has 0 atom stereocenters. The van der Waals surface area contributed by atoms with Crippen molar-refractivity contribution in [1.29, 1.82) is 0 Å². The lowest BCUT2D eigenvalue weighted by atomic mass is 10.0. The molecule has 0 saturated heterocycles. The van der Waals surface area contributed by atoms with E-state index in [1.807, 2.05) is 56.7 Å². The number of hydrogen-bond acceptors (Lipinski definition) is 9. The van der Waals surface area contributed by atoms with Crippen molar-refractivity contribution < 1.29 is 4.92 Å². The molecule has 0 N–H and O–H groups in total. The van der Waals surface area contributed by atoms with Gasteiger partial charge in [-0.15, -0.1) is 68.0 Å². The molecule has 7 heterocycles. The van der Waals surface area contributed by atoms with Gasteiger partial charge in [0.2, 0.25) is 0 Å². The van der Waals surface area contributed by atoms with Crippen LogP contribution >= 0.6 is 68.0 Å². The number of nitrogens with zero attached hydrogens (tertiary/aromatic N) is 2. The van der Waals surface area contributed by atoms with Gasteiger partial charge in [0.25, 0.3) is 5.69 Å². The molecule has 7 aromatic rings. The van der Waals surface area contributed by atoms with Gasteiger partial charge in [0.15, 0.2) is 0 Å². The fraction of sp³-hybridized carbons (Fsp3) is 0.148. The highest BCUT2D eigenvalue weighted by atomic mass is 32.1. The van der Waals surface area contributed by atoms with Crippen LogP contribution in [-0.2, 0) is 0 Å². The molecule has 0 amide bonds. The molecule has 0 unspecified atom stereocenters. The zero-order valence-electron chi connectivity index (χ0n) is 20.1. The smallest absolute Gasteiger partial charge is 0.258 e. The van der Waals surface area contributed by atoms with Crippen LogP contribution in [0.2, 0.25) is 0 Å². The average Bonchev–Trinajstić information content (AvgIpc) is 3.66. The van der Waals surface area contributed by atoms with Gasteiger partial charge < -0.3 is 0 Å². The van der Waals surface area contributed by atoms with E-state index in [0.29, 0.717) is 0 Å². The number of pyridine rings is 1. The summed E-state index contributed by atoms with van der Waals surface area (Å²) in [5.74, 6) is 0. The molecule has 0 fully saturated rings. The van der Waals surface area contributed by atoms with E-state index < -0.39 is 4.92 Å². The van der Waals surface area contributed by atoms with Crippen LogP contribution < -0.4 is 0 Å². The molecular formula is C27H18N2O2S6. The van der Waals surface area contributed by atoms with Gasteiger partial charge in [-0.25, -0.2) is 4.98 Å². The van der Waals surface area contributed by atoms with Crippen LogP contribution in [0.15, 0.2) is 36.5 Å². The van der Waals surface area contributed by atoms with Gasteiger partial charge in [-0.2, -0.15) is 0 Å². The first kappa shape index (κ1) is 23.6. The molecule has 0 aliphatic carbocycles. The maximum absolute atomic E-state index is 11.0. The minimum atomic E-state index is -0.410. The van der Waals surface area contributed by atoms with Crippen molar-refractivity contribution in [2.75, 3.05) is 0 Å². The fourth-order valence-electron chi connectivity index (χ4n) is 4.81. The lowest BCUT2D eigenvalue weighted by Gasteiger charge is -2.04. The third-order valence-electron chi connectivity index (χ3n) is 6.40. The summed E-state index contributed by atoms with van der Waals surface area (Å²) < 4.78 is 8.03. The molecule has 0 spiro atoms. The summed E-state index contributed by atoms with van der Waals surface area (Å²) in [5.41, 5.74) is 4.91. The summed E-state index contributed by atoms with van der Waals surface area (Å²) in [5, 5.41) is 11.0. The Kier molecular flexibility index (Phi) is 5.44. The lowest BCUT2D eigenvalue weighted by molar-refractivity contribution is -0.385. The first-order valence-electron chi connectivity index (χ1n) is 11.5. The molecule has 7 rings (SSSR count). The summed E-state index contributed by atoms with van der Waals surface area (Å²) in [6.45, 7) is 8.86. The molecule has 184 valence electrons. The number of nitro groups is 1. The molecule has 0 radical (unpaired) electrons. The first-order chi connectivity index (χ1) is 17.8. The Labute approximate surface area is 236 Å². The van der Waals surface area contributed by atoms with Gasteiger partial charge in [-0.05, 0) is 57.5 Å². The highest BCUT2D eigenvalue weighted by Crippen LogP contribution is 2.57. The van der Waals surface area contributed by atoms with E-state index >= 15 is 0 Å². The van der Waals surface area contributed by atoms with Crippen molar-refractivity contribution in [2.45, 2.75) is 27.7 Å². The topological polar surface area (TPSA) is 56.0 Å². The van der Waals surface area contributed by atoms with E-state index in [-0.39, 0.29) is 5.69 Å². The maximum Gasteiger partial charge on any atom is 0.287 e. The Bertz CT molecular complexity index is 2010. The van der Waals surface area contributed by atoms with Crippen LogP contribution in [-0.4, -0.2) is 9.91 Å². The molecular weight excluding hydrogens is 577 g/mol. The van der Waals surface area contributed by atoms with Gasteiger partial charge in [-0.3, -0.25) is 10.1 Å². The predicted molar refractivity (Wildman–Crippen MR) is 166 cm³/mol. The second-order valence-corrected chi connectivity index (χ2v) is 16.0. The van der Waals surface area contributed by atoms with Crippen LogP contribution in [0.4, 0.5) is 5.69 Å². The van der Waals surface area contributed by atoms with Crippen LogP contribution in [0.25, 0.3) is 60.3 Å². The van der Waals surface area contributed by atoms with Crippen LogP contribution in [0, 0.1) is 37.8 Å². The number of rotatable bonds is 4. The van der Waals surface area contributed by atoms with E-state index in [9.17, 15) is 10.1 Å². The highest BCUT2D eigenvalue weighted by molar-refractivity contribution is 7.45. The van der Waals surface area contributed by atoms with Crippen molar-refractivity contribution in [3.8, 4) is 32.1 Å². The standard InChI is InChI=1S/C27H18N2O2S6/c1-11-7-16(13(3)32-11)21-22(17-8-12(2)33-14(17)4)36-26-24(21)37-25-23-20(35-27(25)26)9-19(34-23)18-6-5-15(10-28-18)29(30)31/h5-10H,1-4H3. The number of aryl methyl sites for hydroxylation is 4. The summed E-state index contributed by atoms with van der Waals surface area (Å²) in [6.07, 6.45) is 1.34. The molecule has 7 aromatic heterocycles. The Morgan fingerprint density at radius 2 is 1.41 bits per heavy atom. The molecule has 0 bridgehead atoms. The lowest BCUT2D eigenvalue weighted by Crippen LogP contribution is -1.89. The van der Waals surface area contributed by atoms with Gasteiger partial charge >= 0.3 is 0 Å². The van der Waals surface area contributed by atoms with Gasteiger partial charge in [-0.1, -0.05) is 0 Å². The van der Waals surface area contributed by atoms with Crippen molar-refractivity contribution in [3.63, 3.8) is 0 Å². The molecule has 0 aliphatic rings. The zero-order chi connectivity index (χ0) is 25.6. The van der Waals surface area contributed by atoms with Gasteiger partial charge in [0.1, 0.15) is 6.20 Å². The summed E-state index contributed by atoms with van der Waals surface area (Å²) in [4.78, 5) is 22.8. The molecule has 0 aliphatic heterocycles. The Morgan fingerprint density at radius 1 is 0.730 bits per heavy atom. The Hall–Kier alpha value is -2.47. The van der Waals surface area contributed by atoms with Gasteiger partial charge in [0.05, 0.1) is 39.0 Å². The zero-order valence-corrected chi connectivity index (χ0v) is 25.0. The quantitative estimate of drug-likeness (QED) is 0.150. The normalized spacial score (nSPS) is 12.0. The molecule has 0 aromatic carbocycles. The van der Waals surface area contributed by atoms with Gasteiger partial charge in [0, 0.05) is 46.3 Å². The number of thiophene rings is 6. The first-order valence-corrected chi connectivity index (χ1v) is 16.4. The Morgan fingerprint density at radius 3 is 2.03 bits per heavy atom. The average molecular weight is 595 g/mol. The minimum Gasteiger partial charge on any atom is -0.258 e.